The molecule has 1 aromatic heterocycles. The van der Waals surface area contributed by atoms with Gasteiger partial charge in [0.15, 0.2) is 5.82 Å². The third-order valence-corrected chi connectivity index (χ3v) is 3.66. The van der Waals surface area contributed by atoms with Crippen LogP contribution >= 0.6 is 23.2 Å². The smallest absolute Gasteiger partial charge is 0.165 e. The van der Waals surface area contributed by atoms with Gasteiger partial charge in [-0.25, -0.2) is 13.8 Å². The average molecular weight is 327 g/mol. The van der Waals surface area contributed by atoms with E-state index in [1.165, 1.54) is 18.2 Å². The van der Waals surface area contributed by atoms with Crippen molar-refractivity contribution < 1.29 is 8.78 Å². The van der Waals surface area contributed by atoms with E-state index in [2.05, 4.69) is 4.98 Å². The van der Waals surface area contributed by atoms with Gasteiger partial charge in [-0.15, -0.1) is 11.6 Å². The molecule has 0 saturated heterocycles. The summed E-state index contributed by atoms with van der Waals surface area (Å²) in [6.45, 7) is 0. The quantitative estimate of drug-likeness (QED) is 0.636. The third-order valence-electron chi connectivity index (χ3n) is 3.18. The molecule has 0 atom stereocenters. The lowest BCUT2D eigenvalue weighted by molar-refractivity contribution is 0.616. The lowest BCUT2D eigenvalue weighted by atomic mass is 10.2. The molecule has 0 radical (unpaired) electrons. The molecule has 0 spiro atoms. The molecule has 2 nitrogen and oxygen atoms in total. The zero-order chi connectivity index (χ0) is 15.0. The SMILES string of the molecule is Fc1ccc2nc(CCCl)n(-c3cccc(Cl)c3F)c2c1. The summed E-state index contributed by atoms with van der Waals surface area (Å²) in [6, 6.07) is 8.86. The average Bonchev–Trinajstić information content (AvgIpc) is 2.80. The number of imidazole rings is 1. The van der Waals surface area contributed by atoms with Crippen LogP contribution in [0.1, 0.15) is 5.82 Å². The number of nitrogens with zero attached hydrogens (tertiary/aromatic N) is 2. The fraction of sp³-hybridized carbons (Fsp3) is 0.133. The minimum atomic E-state index is -0.571. The number of rotatable bonds is 3. The fourth-order valence-corrected chi connectivity index (χ4v) is 2.62. The Kier molecular flexibility index (Phi) is 3.83. The highest BCUT2D eigenvalue weighted by Gasteiger charge is 2.17. The van der Waals surface area contributed by atoms with Crippen LogP contribution in [-0.4, -0.2) is 15.4 Å². The molecule has 0 bridgehead atoms. The van der Waals surface area contributed by atoms with Gasteiger partial charge in [-0.2, -0.15) is 0 Å². The number of aryl methyl sites for hydroxylation is 1. The molecule has 21 heavy (non-hydrogen) atoms. The van der Waals surface area contributed by atoms with E-state index < -0.39 is 11.6 Å². The van der Waals surface area contributed by atoms with Gasteiger partial charge in [0.05, 0.1) is 21.7 Å². The number of fused-ring (bicyclic) bond motifs is 1. The molecular weight excluding hydrogens is 317 g/mol. The van der Waals surface area contributed by atoms with Crippen molar-refractivity contribution in [3.05, 3.63) is 58.9 Å². The third kappa shape index (κ3) is 2.49. The number of alkyl halides is 1. The van der Waals surface area contributed by atoms with Gasteiger partial charge in [0, 0.05) is 18.4 Å². The minimum Gasteiger partial charge on any atom is -0.293 e. The first-order valence-corrected chi connectivity index (χ1v) is 7.20. The van der Waals surface area contributed by atoms with Gasteiger partial charge in [0.1, 0.15) is 11.6 Å². The van der Waals surface area contributed by atoms with E-state index in [1.54, 1.807) is 22.8 Å². The van der Waals surface area contributed by atoms with Gasteiger partial charge in [-0.05, 0) is 24.3 Å². The van der Waals surface area contributed by atoms with Crippen LogP contribution in [0.4, 0.5) is 8.78 Å². The molecule has 3 aromatic rings. The predicted molar refractivity (Wildman–Crippen MR) is 80.4 cm³/mol. The first-order chi connectivity index (χ1) is 10.1. The maximum atomic E-state index is 14.3. The van der Waals surface area contributed by atoms with Crippen LogP contribution in [0, 0.1) is 11.6 Å². The van der Waals surface area contributed by atoms with Gasteiger partial charge in [0.25, 0.3) is 0 Å². The molecule has 1 heterocycles. The van der Waals surface area contributed by atoms with E-state index in [-0.39, 0.29) is 10.7 Å². The second-order valence-corrected chi connectivity index (χ2v) is 5.29. The predicted octanol–water partition coefficient (Wildman–Crippen LogP) is 4.74. The molecule has 0 fully saturated rings. The number of hydrogen-bond donors (Lipinski definition) is 0. The van der Waals surface area contributed by atoms with Gasteiger partial charge >= 0.3 is 0 Å². The van der Waals surface area contributed by atoms with Crippen molar-refractivity contribution in [3.63, 3.8) is 0 Å². The molecule has 0 aliphatic rings. The lowest BCUT2D eigenvalue weighted by Crippen LogP contribution is -2.04. The van der Waals surface area contributed by atoms with E-state index in [0.717, 1.165) is 0 Å². The van der Waals surface area contributed by atoms with Crippen molar-refractivity contribution in [2.45, 2.75) is 6.42 Å². The van der Waals surface area contributed by atoms with Crippen LogP contribution in [0.3, 0.4) is 0 Å². The van der Waals surface area contributed by atoms with Crippen molar-refractivity contribution in [2.75, 3.05) is 5.88 Å². The van der Waals surface area contributed by atoms with Crippen molar-refractivity contribution in [2.24, 2.45) is 0 Å². The summed E-state index contributed by atoms with van der Waals surface area (Å²) >= 11 is 11.6. The maximum absolute atomic E-state index is 14.3. The van der Waals surface area contributed by atoms with E-state index in [4.69, 9.17) is 23.2 Å². The van der Waals surface area contributed by atoms with Crippen LogP contribution in [-0.2, 0) is 6.42 Å². The lowest BCUT2D eigenvalue weighted by Gasteiger charge is -2.10. The Morgan fingerprint density at radius 2 is 1.95 bits per heavy atom. The van der Waals surface area contributed by atoms with Crippen LogP contribution in [0.2, 0.25) is 5.02 Å². The van der Waals surface area contributed by atoms with Gasteiger partial charge in [0.2, 0.25) is 0 Å². The second kappa shape index (κ2) is 5.62. The molecule has 3 rings (SSSR count). The van der Waals surface area contributed by atoms with Crippen LogP contribution in [0.15, 0.2) is 36.4 Å². The monoisotopic (exact) mass is 326 g/mol. The van der Waals surface area contributed by atoms with E-state index in [0.29, 0.717) is 29.2 Å². The Morgan fingerprint density at radius 1 is 1.14 bits per heavy atom. The highest BCUT2D eigenvalue weighted by atomic mass is 35.5. The van der Waals surface area contributed by atoms with Gasteiger partial charge < -0.3 is 0 Å². The maximum Gasteiger partial charge on any atom is 0.165 e. The molecule has 0 aliphatic carbocycles. The highest BCUT2D eigenvalue weighted by Crippen LogP contribution is 2.27. The Bertz CT molecular complexity index is 815. The summed E-state index contributed by atoms with van der Waals surface area (Å²) in [4.78, 5) is 4.39. The Hall–Kier alpha value is -1.65. The Labute approximate surface area is 129 Å². The van der Waals surface area contributed by atoms with E-state index in [1.807, 2.05) is 0 Å². The van der Waals surface area contributed by atoms with Crippen molar-refractivity contribution in [3.8, 4) is 5.69 Å². The topological polar surface area (TPSA) is 17.8 Å². The first-order valence-electron chi connectivity index (χ1n) is 6.29. The molecule has 2 aromatic carbocycles. The van der Waals surface area contributed by atoms with Gasteiger partial charge in [-0.1, -0.05) is 17.7 Å². The number of halogens is 4. The zero-order valence-electron chi connectivity index (χ0n) is 10.8. The summed E-state index contributed by atoms with van der Waals surface area (Å²) in [7, 11) is 0. The molecule has 0 aliphatic heterocycles. The van der Waals surface area contributed by atoms with Crippen LogP contribution in [0.25, 0.3) is 16.7 Å². The Balaban J connectivity index is 2.35. The normalized spacial score (nSPS) is 11.2. The molecule has 108 valence electrons. The minimum absolute atomic E-state index is 0.00239. The van der Waals surface area contributed by atoms with Crippen molar-refractivity contribution >= 4 is 34.2 Å². The summed E-state index contributed by atoms with van der Waals surface area (Å²) < 4.78 is 29.4. The number of benzene rings is 2. The molecule has 0 unspecified atom stereocenters. The van der Waals surface area contributed by atoms with Crippen LogP contribution < -0.4 is 0 Å². The van der Waals surface area contributed by atoms with Crippen molar-refractivity contribution in [1.82, 2.24) is 9.55 Å². The zero-order valence-corrected chi connectivity index (χ0v) is 12.3. The number of aromatic nitrogens is 2. The summed E-state index contributed by atoms with van der Waals surface area (Å²) in [5.41, 5.74) is 1.29. The molecule has 0 amide bonds. The van der Waals surface area contributed by atoms with E-state index in [9.17, 15) is 8.78 Å². The second-order valence-electron chi connectivity index (χ2n) is 4.51. The standard InChI is InChI=1S/C15H10Cl2F2N2/c16-7-6-14-20-11-5-4-9(18)8-13(11)21(14)12-3-1-2-10(17)15(12)19/h1-5,8H,6-7H2. The van der Waals surface area contributed by atoms with Crippen LogP contribution in [0.5, 0.6) is 0 Å². The molecule has 0 N–H and O–H groups in total. The molecule has 0 saturated carbocycles. The molecule has 6 heteroatoms. The summed E-state index contributed by atoms with van der Waals surface area (Å²) in [5, 5.41) is 0.00239. The van der Waals surface area contributed by atoms with E-state index >= 15 is 0 Å². The molecular formula is C15H10Cl2F2N2. The fourth-order valence-electron chi connectivity index (χ4n) is 2.28. The summed E-state index contributed by atoms with van der Waals surface area (Å²) in [6.07, 6.45) is 0.434. The first kappa shape index (κ1) is 14.3. The van der Waals surface area contributed by atoms with Gasteiger partial charge in [-0.3, -0.25) is 4.57 Å². The van der Waals surface area contributed by atoms with Crippen molar-refractivity contribution in [1.29, 1.82) is 0 Å². The highest BCUT2D eigenvalue weighted by molar-refractivity contribution is 6.30. The largest absolute Gasteiger partial charge is 0.293 e. The number of hydrogen-bond acceptors (Lipinski definition) is 1. The Morgan fingerprint density at radius 3 is 2.71 bits per heavy atom. The summed E-state index contributed by atoms with van der Waals surface area (Å²) in [5.74, 6) is -0.0950.